The number of aliphatic hydroxyl groups is 1. The summed E-state index contributed by atoms with van der Waals surface area (Å²) >= 11 is 0. The number of piperidine rings is 1. The molecule has 0 spiro atoms. The molecule has 0 amide bonds. The number of hydrogen-bond acceptors (Lipinski definition) is 4. The van der Waals surface area contributed by atoms with Gasteiger partial charge in [0.15, 0.2) is 5.78 Å². The van der Waals surface area contributed by atoms with Gasteiger partial charge in [0.05, 0.1) is 13.7 Å². The van der Waals surface area contributed by atoms with Gasteiger partial charge in [0.1, 0.15) is 5.75 Å². The fourth-order valence-electron chi connectivity index (χ4n) is 2.75. The molecule has 1 aliphatic rings. The first kappa shape index (κ1) is 17.1. The van der Waals surface area contributed by atoms with Gasteiger partial charge in [0.25, 0.3) is 0 Å². The molecule has 1 heterocycles. The van der Waals surface area contributed by atoms with E-state index < -0.39 is 0 Å². The Labute approximate surface area is 147 Å². The molecule has 1 saturated heterocycles. The largest absolute Gasteiger partial charge is 0.497 e. The summed E-state index contributed by atoms with van der Waals surface area (Å²) in [6.07, 6.45) is 3.81. The number of ketones is 1. The lowest BCUT2D eigenvalue weighted by Gasteiger charge is -2.18. The molecule has 4 nitrogen and oxygen atoms in total. The maximum Gasteiger partial charge on any atom is 0.187 e. The van der Waals surface area contributed by atoms with Gasteiger partial charge in [-0.1, -0.05) is 36.4 Å². The molecular formula is C21H21NO3. The number of hydrogen-bond donors (Lipinski definition) is 2. The minimum absolute atomic E-state index is 0.0199. The van der Waals surface area contributed by atoms with Crippen molar-refractivity contribution in [3.05, 3.63) is 76.4 Å². The van der Waals surface area contributed by atoms with Gasteiger partial charge in [-0.2, -0.15) is 0 Å². The number of carbonyl (C=O) groups excluding carboxylic acids is 1. The zero-order chi connectivity index (χ0) is 17.6. The van der Waals surface area contributed by atoms with Crippen molar-refractivity contribution in [3.63, 3.8) is 0 Å². The van der Waals surface area contributed by atoms with Crippen LogP contribution in [0.1, 0.15) is 16.7 Å². The predicted octanol–water partition coefficient (Wildman–Crippen LogP) is 2.83. The zero-order valence-electron chi connectivity index (χ0n) is 14.2. The molecule has 0 aromatic heterocycles. The highest BCUT2D eigenvalue weighted by Crippen LogP contribution is 2.19. The van der Waals surface area contributed by atoms with Crippen molar-refractivity contribution in [2.24, 2.45) is 0 Å². The first-order valence-electron chi connectivity index (χ1n) is 8.20. The summed E-state index contributed by atoms with van der Waals surface area (Å²) in [6, 6.07) is 15.2. The second kappa shape index (κ2) is 7.92. The Morgan fingerprint density at radius 2 is 1.48 bits per heavy atom. The van der Waals surface area contributed by atoms with Crippen molar-refractivity contribution in [3.8, 4) is 5.75 Å². The number of ether oxygens (including phenoxy) is 1. The quantitative estimate of drug-likeness (QED) is 0.844. The third-order valence-electron chi connectivity index (χ3n) is 4.17. The highest BCUT2D eigenvalue weighted by Gasteiger charge is 2.20. The summed E-state index contributed by atoms with van der Waals surface area (Å²) < 4.78 is 5.16. The third-order valence-corrected chi connectivity index (χ3v) is 4.17. The SMILES string of the molecule is COc1ccc(/C=C2\CNC/C(=C\c3ccc(CO)cc3)C2=O)cc1. The summed E-state index contributed by atoms with van der Waals surface area (Å²) in [5.74, 6) is 0.864. The third kappa shape index (κ3) is 4.24. The Morgan fingerprint density at radius 3 is 1.96 bits per heavy atom. The molecule has 1 aliphatic heterocycles. The van der Waals surface area contributed by atoms with E-state index in [1.807, 2.05) is 60.7 Å². The van der Waals surface area contributed by atoms with E-state index in [1.54, 1.807) is 7.11 Å². The molecule has 2 aromatic rings. The highest BCUT2D eigenvalue weighted by molar-refractivity contribution is 6.14. The van der Waals surface area contributed by atoms with Crippen molar-refractivity contribution in [1.29, 1.82) is 0 Å². The number of nitrogens with one attached hydrogen (secondary N) is 1. The Bertz CT molecular complexity index is 735. The fraction of sp³-hybridized carbons (Fsp3) is 0.190. The molecule has 0 radical (unpaired) electrons. The molecular weight excluding hydrogens is 314 g/mol. The van der Waals surface area contributed by atoms with Gasteiger partial charge in [-0.05, 0) is 41.0 Å². The van der Waals surface area contributed by atoms with Gasteiger partial charge in [-0.15, -0.1) is 0 Å². The normalized spacial score (nSPS) is 17.9. The molecule has 0 saturated carbocycles. The molecule has 2 aromatic carbocycles. The molecule has 2 N–H and O–H groups in total. The van der Waals surface area contributed by atoms with E-state index in [9.17, 15) is 4.79 Å². The van der Waals surface area contributed by atoms with Gasteiger partial charge in [-0.25, -0.2) is 0 Å². The molecule has 4 heteroatoms. The van der Waals surface area contributed by atoms with Crippen molar-refractivity contribution >= 4 is 17.9 Å². The van der Waals surface area contributed by atoms with E-state index in [0.717, 1.165) is 33.6 Å². The predicted molar refractivity (Wildman–Crippen MR) is 99.2 cm³/mol. The lowest BCUT2D eigenvalue weighted by Crippen LogP contribution is -2.32. The Balaban J connectivity index is 1.81. The number of benzene rings is 2. The van der Waals surface area contributed by atoms with Crippen LogP contribution < -0.4 is 10.1 Å². The van der Waals surface area contributed by atoms with Gasteiger partial charge >= 0.3 is 0 Å². The van der Waals surface area contributed by atoms with E-state index in [1.165, 1.54) is 0 Å². The summed E-state index contributed by atoms with van der Waals surface area (Å²) in [4.78, 5) is 12.7. The number of methoxy groups -OCH3 is 1. The van der Waals surface area contributed by atoms with E-state index >= 15 is 0 Å². The van der Waals surface area contributed by atoms with E-state index in [4.69, 9.17) is 9.84 Å². The van der Waals surface area contributed by atoms with Crippen LogP contribution in [0.2, 0.25) is 0 Å². The second-order valence-corrected chi connectivity index (χ2v) is 5.94. The minimum atomic E-state index is 0.0199. The molecule has 1 fully saturated rings. The first-order chi connectivity index (χ1) is 12.2. The van der Waals surface area contributed by atoms with Crippen molar-refractivity contribution < 1.29 is 14.6 Å². The van der Waals surface area contributed by atoms with Gasteiger partial charge in [0, 0.05) is 24.2 Å². The Hall–Kier alpha value is -2.69. The van der Waals surface area contributed by atoms with E-state index in [2.05, 4.69) is 5.32 Å². The average molecular weight is 335 g/mol. The van der Waals surface area contributed by atoms with Crippen LogP contribution >= 0.6 is 0 Å². The van der Waals surface area contributed by atoms with Crippen LogP contribution in [-0.2, 0) is 11.4 Å². The maximum absolute atomic E-state index is 12.7. The zero-order valence-corrected chi connectivity index (χ0v) is 14.2. The standard InChI is InChI=1S/C21H21NO3/c1-25-20-8-6-16(7-9-20)11-19-13-22-12-18(21(19)24)10-15-2-4-17(14-23)5-3-15/h2-11,22-23H,12-14H2,1H3/b18-10+,19-11+. The molecule has 0 aliphatic carbocycles. The van der Waals surface area contributed by atoms with Crippen LogP contribution in [0, 0.1) is 0 Å². The molecule has 0 atom stereocenters. The van der Waals surface area contributed by atoms with Crippen molar-refractivity contribution in [1.82, 2.24) is 5.32 Å². The summed E-state index contributed by atoms with van der Waals surface area (Å²) in [6.45, 7) is 1.14. The van der Waals surface area contributed by atoms with E-state index in [0.29, 0.717) is 13.1 Å². The van der Waals surface area contributed by atoms with E-state index in [-0.39, 0.29) is 12.4 Å². The minimum Gasteiger partial charge on any atom is -0.497 e. The molecule has 0 bridgehead atoms. The Kier molecular flexibility index (Phi) is 5.43. The molecule has 0 unspecified atom stereocenters. The topological polar surface area (TPSA) is 58.6 Å². The average Bonchev–Trinajstić information content (AvgIpc) is 2.66. The van der Waals surface area contributed by atoms with Crippen LogP contribution in [0.4, 0.5) is 0 Å². The number of rotatable bonds is 4. The number of Topliss-reactive ketones (excluding diaryl/α,β-unsaturated/α-hetero) is 1. The van der Waals surface area contributed by atoms with Gasteiger partial charge < -0.3 is 15.2 Å². The lowest BCUT2D eigenvalue weighted by molar-refractivity contribution is -0.112. The summed E-state index contributed by atoms with van der Waals surface area (Å²) in [5.41, 5.74) is 4.26. The van der Waals surface area contributed by atoms with Gasteiger partial charge in [0.2, 0.25) is 0 Å². The summed E-state index contributed by atoms with van der Waals surface area (Å²) in [7, 11) is 1.63. The molecule has 3 rings (SSSR count). The van der Waals surface area contributed by atoms with Crippen molar-refractivity contribution in [2.75, 3.05) is 20.2 Å². The van der Waals surface area contributed by atoms with Gasteiger partial charge in [-0.3, -0.25) is 4.79 Å². The number of aliphatic hydroxyl groups excluding tert-OH is 1. The maximum atomic E-state index is 12.7. The first-order valence-corrected chi connectivity index (χ1v) is 8.20. The fourth-order valence-corrected chi connectivity index (χ4v) is 2.75. The Morgan fingerprint density at radius 1 is 0.960 bits per heavy atom. The second-order valence-electron chi connectivity index (χ2n) is 5.94. The summed E-state index contributed by atoms with van der Waals surface area (Å²) in [5, 5.41) is 12.4. The molecule has 25 heavy (non-hydrogen) atoms. The van der Waals surface area contributed by atoms with Crippen LogP contribution in [0.25, 0.3) is 12.2 Å². The smallest absolute Gasteiger partial charge is 0.187 e. The monoisotopic (exact) mass is 335 g/mol. The highest BCUT2D eigenvalue weighted by atomic mass is 16.5. The molecule has 128 valence electrons. The van der Waals surface area contributed by atoms with Crippen LogP contribution in [0.15, 0.2) is 59.7 Å². The van der Waals surface area contributed by atoms with Crippen molar-refractivity contribution in [2.45, 2.75) is 6.61 Å². The lowest BCUT2D eigenvalue weighted by atomic mass is 9.95. The van der Waals surface area contributed by atoms with Crippen LogP contribution in [0.3, 0.4) is 0 Å². The van der Waals surface area contributed by atoms with Crippen LogP contribution in [-0.4, -0.2) is 31.1 Å². The van der Waals surface area contributed by atoms with Crippen LogP contribution in [0.5, 0.6) is 5.75 Å². The number of carbonyl (C=O) groups is 1.